The van der Waals surface area contributed by atoms with Crippen molar-refractivity contribution < 1.29 is 9.30 Å². The lowest BCUT2D eigenvalue weighted by molar-refractivity contribution is -0.566. The number of ether oxygens (including phenoxy) is 1. The minimum atomic E-state index is -0.154. The van der Waals surface area contributed by atoms with Crippen molar-refractivity contribution in [3.8, 4) is 62.3 Å². The van der Waals surface area contributed by atoms with Gasteiger partial charge in [-0.25, -0.2) is 9.97 Å². The predicted molar refractivity (Wildman–Crippen MR) is 235 cm³/mol. The van der Waals surface area contributed by atoms with Crippen molar-refractivity contribution in [2.24, 2.45) is 0 Å². The highest BCUT2D eigenvalue weighted by Crippen LogP contribution is 2.42. The first-order valence-corrected chi connectivity index (χ1v) is 19.8. The van der Waals surface area contributed by atoms with E-state index in [0.29, 0.717) is 5.75 Å². The maximum Gasteiger partial charge on any atom is 0.256 e. The average Bonchev–Trinajstić information content (AvgIpc) is 3.79. The standard InChI is InChI=1S/C52H40N5O/c1-33-27-37-31-49(53-33)55-32-56(47-24-13-12-23-46(47)55)51-38(34-15-6-5-7-16-34)20-14-21-43(51)39-17-8-9-18-40(39)44-28-35(52(2,3)4)29-50(54-44)57-45-22-11-10-19-41(45)42-26-25-36(58-37)30-48(42)57/h5-32H,1-4H3/q+1. The fraction of sp³-hybridized carbons (Fsp3) is 0.0962. The van der Waals surface area contributed by atoms with Gasteiger partial charge in [-0.15, -0.1) is 0 Å². The van der Waals surface area contributed by atoms with Gasteiger partial charge in [-0.3, -0.25) is 4.57 Å². The van der Waals surface area contributed by atoms with E-state index in [1.54, 1.807) is 0 Å². The fourth-order valence-corrected chi connectivity index (χ4v) is 8.69. The van der Waals surface area contributed by atoms with Crippen molar-refractivity contribution >= 4 is 32.8 Å². The van der Waals surface area contributed by atoms with Gasteiger partial charge in [0.25, 0.3) is 6.33 Å². The molecule has 0 saturated carbocycles. The van der Waals surface area contributed by atoms with Crippen LogP contribution in [0.25, 0.3) is 83.7 Å². The van der Waals surface area contributed by atoms with Crippen molar-refractivity contribution in [2.75, 3.05) is 0 Å². The second-order valence-electron chi connectivity index (χ2n) is 16.2. The molecule has 5 heterocycles. The first-order chi connectivity index (χ1) is 28.3. The Kier molecular flexibility index (Phi) is 7.54. The molecule has 0 saturated heterocycles. The Balaban J connectivity index is 1.31. The van der Waals surface area contributed by atoms with E-state index >= 15 is 0 Å². The molecule has 10 aromatic rings. The van der Waals surface area contributed by atoms with Crippen LogP contribution in [-0.4, -0.2) is 19.1 Å². The Hall–Kier alpha value is -7.31. The summed E-state index contributed by atoms with van der Waals surface area (Å²) in [6.07, 6.45) is 2.17. The van der Waals surface area contributed by atoms with E-state index in [1.807, 2.05) is 19.1 Å². The van der Waals surface area contributed by atoms with Gasteiger partial charge in [0.05, 0.1) is 16.7 Å². The second kappa shape index (κ2) is 12.9. The number of benzene rings is 6. The minimum Gasteiger partial charge on any atom is -0.457 e. The van der Waals surface area contributed by atoms with Crippen molar-refractivity contribution in [2.45, 2.75) is 33.1 Å². The molecule has 6 heteroatoms. The van der Waals surface area contributed by atoms with E-state index in [0.717, 1.165) is 95.1 Å². The zero-order valence-electron chi connectivity index (χ0n) is 32.8. The summed E-state index contributed by atoms with van der Waals surface area (Å²) in [5.74, 6) is 3.08. The largest absolute Gasteiger partial charge is 0.457 e. The van der Waals surface area contributed by atoms with E-state index in [9.17, 15) is 0 Å². The summed E-state index contributed by atoms with van der Waals surface area (Å²) in [5, 5.41) is 2.30. The number of aromatic nitrogens is 5. The molecule has 278 valence electrons. The van der Waals surface area contributed by atoms with Gasteiger partial charge in [-0.2, -0.15) is 9.13 Å². The zero-order valence-corrected chi connectivity index (χ0v) is 32.8. The predicted octanol–water partition coefficient (Wildman–Crippen LogP) is 12.5. The van der Waals surface area contributed by atoms with Crippen LogP contribution < -0.4 is 9.30 Å². The number of pyridine rings is 2. The molecular weight excluding hydrogens is 711 g/mol. The summed E-state index contributed by atoms with van der Waals surface area (Å²) in [4.78, 5) is 10.7. The highest BCUT2D eigenvalue weighted by Gasteiger charge is 2.28. The Morgan fingerprint density at radius 3 is 2.09 bits per heavy atom. The molecule has 6 nitrogen and oxygen atoms in total. The molecule has 0 fully saturated rings. The van der Waals surface area contributed by atoms with Crippen LogP contribution in [0.1, 0.15) is 32.0 Å². The van der Waals surface area contributed by atoms with Crippen molar-refractivity contribution in [3.63, 3.8) is 0 Å². The molecule has 0 radical (unpaired) electrons. The molecular formula is C52H40N5O+. The number of fused-ring (bicyclic) bond motifs is 20. The summed E-state index contributed by atoms with van der Waals surface area (Å²) in [6, 6.07) is 58.1. The third-order valence-electron chi connectivity index (χ3n) is 11.4. The number of rotatable bonds is 1. The first kappa shape index (κ1) is 34.0. The van der Waals surface area contributed by atoms with Crippen LogP contribution in [0.2, 0.25) is 0 Å². The Labute approximate surface area is 336 Å². The van der Waals surface area contributed by atoms with Crippen molar-refractivity contribution in [3.05, 3.63) is 181 Å². The first-order valence-electron chi connectivity index (χ1n) is 19.8. The summed E-state index contributed by atoms with van der Waals surface area (Å²) < 4.78 is 13.6. The van der Waals surface area contributed by atoms with E-state index < -0.39 is 0 Å². The third kappa shape index (κ3) is 5.44. The smallest absolute Gasteiger partial charge is 0.256 e. The molecule has 1 aliphatic rings. The van der Waals surface area contributed by atoms with Gasteiger partial charge in [-0.05, 0) is 71.5 Å². The number of nitrogens with zero attached hydrogens (tertiary/aromatic N) is 5. The maximum absolute atomic E-state index is 6.78. The normalized spacial score (nSPS) is 12.3. The molecule has 0 N–H and O–H groups in total. The van der Waals surface area contributed by atoms with Crippen LogP contribution in [0.3, 0.4) is 0 Å². The SMILES string of the molecule is Cc1cc2cc(n1)-n1c[n+](c3ccccc31)-c1c(-c3ccccc3)cccc1-c1ccccc1-c1cc(C(C)(C)C)cc(n1)-n1c3ccccc3c3ccc(cc31)O2. The molecule has 0 aliphatic carbocycles. The van der Waals surface area contributed by atoms with Crippen LogP contribution in [0.15, 0.2) is 170 Å². The van der Waals surface area contributed by atoms with Crippen molar-refractivity contribution in [1.82, 2.24) is 19.1 Å². The van der Waals surface area contributed by atoms with Gasteiger partial charge in [-0.1, -0.05) is 124 Å². The topological polar surface area (TPSA) is 48.8 Å². The van der Waals surface area contributed by atoms with Crippen LogP contribution in [0.5, 0.6) is 11.5 Å². The fourth-order valence-electron chi connectivity index (χ4n) is 8.69. The van der Waals surface area contributed by atoms with Crippen LogP contribution in [0, 0.1) is 6.92 Å². The average molecular weight is 751 g/mol. The summed E-state index contributed by atoms with van der Waals surface area (Å²) in [6.45, 7) is 8.85. The lowest BCUT2D eigenvalue weighted by Gasteiger charge is -2.22. The summed E-state index contributed by atoms with van der Waals surface area (Å²) in [5.41, 5.74) is 13.6. The lowest BCUT2D eigenvalue weighted by Crippen LogP contribution is -2.31. The van der Waals surface area contributed by atoms with E-state index in [2.05, 4.69) is 192 Å². The van der Waals surface area contributed by atoms with Gasteiger partial charge in [0.15, 0.2) is 11.0 Å². The number of hydrogen-bond acceptors (Lipinski definition) is 3. The molecule has 8 bridgehead atoms. The number of aryl methyl sites for hydroxylation is 1. The molecule has 0 atom stereocenters. The molecule has 1 aliphatic heterocycles. The number of para-hydroxylation sites is 4. The monoisotopic (exact) mass is 750 g/mol. The molecule has 0 spiro atoms. The highest BCUT2D eigenvalue weighted by molar-refractivity contribution is 6.09. The molecule has 58 heavy (non-hydrogen) atoms. The van der Waals surface area contributed by atoms with Gasteiger partial charge >= 0.3 is 0 Å². The number of imidazole rings is 1. The van der Waals surface area contributed by atoms with Gasteiger partial charge in [0.1, 0.15) is 23.0 Å². The third-order valence-corrected chi connectivity index (χ3v) is 11.4. The van der Waals surface area contributed by atoms with Gasteiger partial charge < -0.3 is 4.74 Å². The highest BCUT2D eigenvalue weighted by atomic mass is 16.5. The van der Waals surface area contributed by atoms with E-state index in [-0.39, 0.29) is 5.41 Å². The molecule has 0 unspecified atom stereocenters. The van der Waals surface area contributed by atoms with Crippen LogP contribution >= 0.6 is 0 Å². The molecule has 11 rings (SSSR count). The van der Waals surface area contributed by atoms with Crippen LogP contribution in [-0.2, 0) is 5.41 Å². The molecule has 6 aromatic carbocycles. The van der Waals surface area contributed by atoms with Crippen molar-refractivity contribution in [1.29, 1.82) is 0 Å². The summed E-state index contributed by atoms with van der Waals surface area (Å²) >= 11 is 0. The maximum atomic E-state index is 6.78. The van der Waals surface area contributed by atoms with Gasteiger partial charge in [0, 0.05) is 51.4 Å². The number of hydrogen-bond donors (Lipinski definition) is 0. The molecule has 4 aromatic heterocycles. The quantitative estimate of drug-likeness (QED) is 0.157. The van der Waals surface area contributed by atoms with E-state index in [4.69, 9.17) is 14.7 Å². The Morgan fingerprint density at radius 1 is 0.534 bits per heavy atom. The molecule has 0 amide bonds. The Morgan fingerprint density at radius 2 is 1.24 bits per heavy atom. The minimum absolute atomic E-state index is 0.154. The Bertz CT molecular complexity index is 3260. The van der Waals surface area contributed by atoms with Gasteiger partial charge in [0.2, 0.25) is 5.82 Å². The lowest BCUT2D eigenvalue weighted by atomic mass is 9.85. The summed E-state index contributed by atoms with van der Waals surface area (Å²) in [7, 11) is 0. The van der Waals surface area contributed by atoms with Crippen LogP contribution in [0.4, 0.5) is 0 Å². The zero-order chi connectivity index (χ0) is 39.1. The second-order valence-corrected chi connectivity index (χ2v) is 16.2. The van der Waals surface area contributed by atoms with E-state index in [1.165, 1.54) is 5.56 Å².